The molecule has 2 unspecified atom stereocenters. The van der Waals surface area contributed by atoms with Gasteiger partial charge in [-0.05, 0) is 96.7 Å². The highest BCUT2D eigenvalue weighted by Crippen LogP contribution is 2.25. The molecule has 7 heteroatoms. The first-order chi connectivity index (χ1) is 33.2. The van der Waals surface area contributed by atoms with Gasteiger partial charge in [-0.25, -0.2) is 0 Å². The normalized spacial score (nSPS) is 12.8. The number of nitrogens with zero attached hydrogens (tertiary/aromatic N) is 2. The van der Waals surface area contributed by atoms with Gasteiger partial charge in [0.1, 0.15) is 6.23 Å². The van der Waals surface area contributed by atoms with Gasteiger partial charge in [0.2, 0.25) is 0 Å². The molecule has 0 bridgehead atoms. The lowest BCUT2D eigenvalue weighted by Gasteiger charge is -2.36. The predicted molar refractivity (Wildman–Crippen MR) is 295 cm³/mol. The molecule has 1 N–H and O–H groups in total. The molecular weight excluding hydrogens is 841 g/mol. The summed E-state index contributed by atoms with van der Waals surface area (Å²) in [6.45, 7) is 14.6. The van der Waals surface area contributed by atoms with Crippen molar-refractivity contribution in [2.45, 2.75) is 329 Å². The van der Waals surface area contributed by atoms with Crippen molar-refractivity contribution in [1.82, 2.24) is 9.80 Å². The second-order valence-corrected chi connectivity index (χ2v) is 21.8. The van der Waals surface area contributed by atoms with E-state index in [1.165, 1.54) is 186 Å². The summed E-state index contributed by atoms with van der Waals surface area (Å²) in [6, 6.07) is 0.427. The molecule has 0 heterocycles. The van der Waals surface area contributed by atoms with E-state index in [9.17, 15) is 14.7 Å². The first-order valence-electron chi connectivity index (χ1n) is 30.6. The van der Waals surface area contributed by atoms with E-state index in [2.05, 4.69) is 58.5 Å². The molecule has 0 radical (unpaired) electrons. The zero-order valence-corrected chi connectivity index (χ0v) is 47.2. The Morgan fingerprint density at radius 3 is 1.07 bits per heavy atom. The van der Waals surface area contributed by atoms with Gasteiger partial charge in [0, 0.05) is 25.4 Å². The van der Waals surface area contributed by atoms with Crippen LogP contribution in [0.4, 0.5) is 0 Å². The van der Waals surface area contributed by atoms with E-state index in [4.69, 9.17) is 9.47 Å². The van der Waals surface area contributed by atoms with E-state index in [1.807, 2.05) is 0 Å². The second-order valence-electron chi connectivity index (χ2n) is 21.8. The van der Waals surface area contributed by atoms with Gasteiger partial charge in [-0.15, -0.1) is 0 Å². The van der Waals surface area contributed by atoms with Crippen molar-refractivity contribution < 1.29 is 24.2 Å². The van der Waals surface area contributed by atoms with Crippen LogP contribution in [0.25, 0.3) is 0 Å². The molecule has 0 saturated carbocycles. The maximum absolute atomic E-state index is 12.6. The molecule has 0 aliphatic heterocycles. The van der Waals surface area contributed by atoms with Crippen LogP contribution in [0.3, 0.4) is 0 Å². The zero-order valence-electron chi connectivity index (χ0n) is 47.2. The Balaban J connectivity index is 5.06. The summed E-state index contributed by atoms with van der Waals surface area (Å²) >= 11 is 0. The first kappa shape index (κ1) is 66.8. The molecule has 0 aromatic rings. The van der Waals surface area contributed by atoms with E-state index in [1.54, 1.807) is 0 Å². The topological polar surface area (TPSA) is 79.3 Å². The molecule has 68 heavy (non-hydrogen) atoms. The van der Waals surface area contributed by atoms with Crippen LogP contribution >= 0.6 is 0 Å². The third-order valence-corrected chi connectivity index (χ3v) is 15.0. The molecule has 0 fully saturated rings. The highest BCUT2D eigenvalue weighted by Gasteiger charge is 2.24. The lowest BCUT2D eigenvalue weighted by atomic mass is 9.92. The van der Waals surface area contributed by atoms with Crippen molar-refractivity contribution in [1.29, 1.82) is 0 Å². The number of hydrogen-bond acceptors (Lipinski definition) is 7. The predicted octanol–water partition coefficient (Wildman–Crippen LogP) is 18.1. The second kappa shape index (κ2) is 52.2. The van der Waals surface area contributed by atoms with Crippen LogP contribution in [0, 0.1) is 11.8 Å². The number of ether oxygens (including phenoxy) is 2. The molecule has 0 saturated heterocycles. The zero-order chi connectivity index (χ0) is 50.0. The number of rotatable bonds is 55. The smallest absolute Gasteiger partial charge is 0.305 e. The van der Waals surface area contributed by atoms with Crippen LogP contribution in [0.2, 0.25) is 0 Å². The monoisotopic (exact) mass is 963 g/mol. The molecule has 0 rings (SSSR count). The third-order valence-electron chi connectivity index (χ3n) is 15.0. The van der Waals surface area contributed by atoms with Gasteiger partial charge in [0.15, 0.2) is 0 Å². The van der Waals surface area contributed by atoms with E-state index >= 15 is 0 Å². The van der Waals surface area contributed by atoms with Crippen molar-refractivity contribution in [3.63, 3.8) is 0 Å². The van der Waals surface area contributed by atoms with Crippen LogP contribution in [0.5, 0.6) is 0 Å². The Hall–Kier alpha value is -1.18. The number of esters is 2. The molecular formula is C61H122N2O5. The quantitative estimate of drug-likeness (QED) is 0.0370. The molecule has 0 amide bonds. The summed E-state index contributed by atoms with van der Waals surface area (Å²) in [5, 5.41) is 11.8. The summed E-state index contributed by atoms with van der Waals surface area (Å²) in [4.78, 5) is 30.0. The molecule has 7 nitrogen and oxygen atoms in total. The van der Waals surface area contributed by atoms with Gasteiger partial charge in [0.05, 0.1) is 13.2 Å². The van der Waals surface area contributed by atoms with E-state index < -0.39 is 0 Å². The van der Waals surface area contributed by atoms with Crippen LogP contribution in [-0.4, -0.2) is 79.5 Å². The highest BCUT2D eigenvalue weighted by atomic mass is 16.5. The average molecular weight is 964 g/mol. The summed E-state index contributed by atoms with van der Waals surface area (Å²) in [5.74, 6) is 1.40. The van der Waals surface area contributed by atoms with Gasteiger partial charge < -0.3 is 19.5 Å². The number of aliphatic hydroxyl groups excluding tert-OH is 1. The van der Waals surface area contributed by atoms with Gasteiger partial charge >= 0.3 is 11.9 Å². The fourth-order valence-corrected chi connectivity index (χ4v) is 10.4. The van der Waals surface area contributed by atoms with Crippen LogP contribution in [-0.2, 0) is 19.1 Å². The Labute approximate surface area is 425 Å². The number of aliphatic hydroxyl groups is 1. The summed E-state index contributed by atoms with van der Waals surface area (Å²) in [5.41, 5.74) is 0. The van der Waals surface area contributed by atoms with Crippen LogP contribution < -0.4 is 0 Å². The third kappa shape index (κ3) is 44.7. The average Bonchev–Trinajstić information content (AvgIpc) is 3.32. The molecule has 406 valence electrons. The molecule has 0 aromatic carbocycles. The summed E-state index contributed by atoms with van der Waals surface area (Å²) in [6.07, 6.45) is 51.7. The summed E-state index contributed by atoms with van der Waals surface area (Å²) < 4.78 is 11.5. The standard InChI is InChI=1S/C61H122N2O5/c1-8-13-18-19-20-21-25-34-45-58(46-35-26-24-28-37-49-61(66)68-55-51-57(43-32-16-11-4)44-33-17-12-5)63(59(64)47-38-40-52-62(6)7)53-39-29-23-22-27-36-48-60(65)67-54-50-56(41-30-14-9-2)42-31-15-10-3/h56-59,64H,8-55H2,1-7H3. The van der Waals surface area contributed by atoms with E-state index in [0.717, 1.165) is 96.6 Å². The summed E-state index contributed by atoms with van der Waals surface area (Å²) in [7, 11) is 4.28. The highest BCUT2D eigenvalue weighted by molar-refractivity contribution is 5.69. The number of hydrogen-bond donors (Lipinski definition) is 1. The number of carbonyl (C=O) groups excluding carboxylic acids is 2. The van der Waals surface area contributed by atoms with Crippen molar-refractivity contribution >= 4 is 11.9 Å². The lowest BCUT2D eigenvalue weighted by Crippen LogP contribution is -2.44. The lowest BCUT2D eigenvalue weighted by molar-refractivity contribution is -0.145. The van der Waals surface area contributed by atoms with Gasteiger partial charge in [0.25, 0.3) is 0 Å². The van der Waals surface area contributed by atoms with Crippen molar-refractivity contribution in [2.75, 3.05) is 40.4 Å². The minimum atomic E-state index is -0.376. The SMILES string of the molecule is CCCCCCCCCCC(CCCCCCCC(=O)OCCC(CCCCC)CCCCC)N(CCCCCCCCC(=O)OCCC(CCCCC)CCCCC)C(O)CCCCN(C)C. The Kier molecular flexibility index (Phi) is 51.2. The van der Waals surface area contributed by atoms with Gasteiger partial charge in [-0.3, -0.25) is 14.5 Å². The Morgan fingerprint density at radius 2 is 0.676 bits per heavy atom. The van der Waals surface area contributed by atoms with E-state index in [0.29, 0.717) is 43.9 Å². The minimum Gasteiger partial charge on any atom is -0.466 e. The fourth-order valence-electron chi connectivity index (χ4n) is 10.4. The molecule has 0 aliphatic carbocycles. The Morgan fingerprint density at radius 1 is 0.368 bits per heavy atom. The molecule has 0 aliphatic rings. The van der Waals surface area contributed by atoms with Crippen LogP contribution in [0.15, 0.2) is 0 Å². The minimum absolute atomic E-state index is 0.00344. The van der Waals surface area contributed by atoms with Gasteiger partial charge in [-0.1, -0.05) is 240 Å². The number of unbranched alkanes of at least 4 members (excludes halogenated alkanes) is 25. The van der Waals surface area contributed by atoms with Gasteiger partial charge in [-0.2, -0.15) is 0 Å². The maximum atomic E-state index is 12.6. The van der Waals surface area contributed by atoms with Crippen molar-refractivity contribution in [3.8, 4) is 0 Å². The molecule has 0 spiro atoms. The largest absolute Gasteiger partial charge is 0.466 e. The molecule has 2 atom stereocenters. The van der Waals surface area contributed by atoms with Crippen molar-refractivity contribution in [2.24, 2.45) is 11.8 Å². The van der Waals surface area contributed by atoms with Crippen LogP contribution in [0.1, 0.15) is 317 Å². The first-order valence-corrected chi connectivity index (χ1v) is 30.6. The Bertz CT molecular complexity index is 1020. The fraction of sp³-hybridized carbons (Fsp3) is 0.967. The maximum Gasteiger partial charge on any atom is 0.305 e. The number of carbonyl (C=O) groups is 2. The van der Waals surface area contributed by atoms with E-state index in [-0.39, 0.29) is 18.2 Å². The van der Waals surface area contributed by atoms with Crippen molar-refractivity contribution in [3.05, 3.63) is 0 Å². The molecule has 0 aromatic heterocycles.